The van der Waals surface area contributed by atoms with Gasteiger partial charge in [-0.3, -0.25) is 0 Å². The van der Waals surface area contributed by atoms with E-state index in [1.807, 2.05) is 23.6 Å². The van der Waals surface area contributed by atoms with Crippen molar-refractivity contribution in [2.45, 2.75) is 6.54 Å². The minimum absolute atomic E-state index is 0.691. The highest BCUT2D eigenvalue weighted by molar-refractivity contribution is 7.08. The van der Waals surface area contributed by atoms with Gasteiger partial charge in [0, 0.05) is 27.7 Å². The van der Waals surface area contributed by atoms with E-state index in [0.29, 0.717) is 11.6 Å². The highest BCUT2D eigenvalue weighted by Crippen LogP contribution is 2.22. The number of thiophene rings is 1. The summed E-state index contributed by atoms with van der Waals surface area (Å²) in [6.45, 7) is 0.691. The van der Waals surface area contributed by atoms with E-state index < -0.39 is 0 Å². The highest BCUT2D eigenvalue weighted by Gasteiger charge is 2.01. The van der Waals surface area contributed by atoms with Gasteiger partial charge in [0.15, 0.2) is 0 Å². The molecule has 1 aromatic carbocycles. The lowest BCUT2D eigenvalue weighted by Gasteiger charge is -2.06. The molecule has 0 saturated heterocycles. The molecule has 2 aromatic rings. The number of anilines is 1. The van der Waals surface area contributed by atoms with Crippen LogP contribution in [0, 0.1) is 0 Å². The Morgan fingerprint density at radius 3 is 2.80 bits per heavy atom. The highest BCUT2D eigenvalue weighted by atomic mass is 35.5. The van der Waals surface area contributed by atoms with Crippen molar-refractivity contribution < 1.29 is 0 Å². The molecule has 0 aliphatic heterocycles. The smallest absolute Gasteiger partial charge is 0.0456 e. The van der Waals surface area contributed by atoms with Crippen LogP contribution in [0.2, 0.25) is 10.0 Å². The SMILES string of the molecule is Clc1ccc(Cl)c(CNc2ccsc2)c1. The Labute approximate surface area is 103 Å². The Hall–Kier alpha value is -0.700. The van der Waals surface area contributed by atoms with Crippen LogP contribution >= 0.6 is 34.5 Å². The minimum Gasteiger partial charge on any atom is -0.380 e. The van der Waals surface area contributed by atoms with Gasteiger partial charge in [0.2, 0.25) is 0 Å². The van der Waals surface area contributed by atoms with Crippen LogP contribution in [-0.4, -0.2) is 0 Å². The number of hydrogen-bond acceptors (Lipinski definition) is 2. The summed E-state index contributed by atoms with van der Waals surface area (Å²) in [5.74, 6) is 0. The summed E-state index contributed by atoms with van der Waals surface area (Å²) in [4.78, 5) is 0. The summed E-state index contributed by atoms with van der Waals surface area (Å²) in [6.07, 6.45) is 0. The molecule has 1 nitrogen and oxygen atoms in total. The van der Waals surface area contributed by atoms with Crippen LogP contribution in [0.5, 0.6) is 0 Å². The normalized spacial score (nSPS) is 10.3. The molecule has 0 unspecified atom stereocenters. The summed E-state index contributed by atoms with van der Waals surface area (Å²) in [5, 5.41) is 8.81. The van der Waals surface area contributed by atoms with Crippen LogP contribution in [0.4, 0.5) is 5.69 Å². The summed E-state index contributed by atoms with van der Waals surface area (Å²) in [7, 11) is 0. The Morgan fingerprint density at radius 2 is 2.07 bits per heavy atom. The first kappa shape index (κ1) is 10.8. The second kappa shape index (κ2) is 4.88. The van der Waals surface area contributed by atoms with Crippen LogP contribution in [0.25, 0.3) is 0 Å². The molecule has 0 amide bonds. The molecule has 1 heterocycles. The van der Waals surface area contributed by atoms with E-state index in [1.165, 1.54) is 0 Å². The molecular weight excluding hydrogens is 249 g/mol. The first-order valence-corrected chi connectivity index (χ1v) is 6.15. The fourth-order valence-corrected chi connectivity index (χ4v) is 2.23. The van der Waals surface area contributed by atoms with Crippen molar-refractivity contribution in [1.29, 1.82) is 0 Å². The van der Waals surface area contributed by atoms with Gasteiger partial charge in [-0.1, -0.05) is 23.2 Å². The van der Waals surface area contributed by atoms with Crippen LogP contribution in [0.3, 0.4) is 0 Å². The Bertz CT molecular complexity index is 440. The molecule has 0 saturated carbocycles. The second-order valence-electron chi connectivity index (χ2n) is 3.10. The maximum absolute atomic E-state index is 6.04. The van der Waals surface area contributed by atoms with Crippen molar-refractivity contribution >= 4 is 40.2 Å². The predicted octanol–water partition coefficient (Wildman–Crippen LogP) is 4.67. The minimum atomic E-state index is 0.691. The van der Waals surface area contributed by atoms with Crippen LogP contribution in [0.1, 0.15) is 5.56 Å². The van der Waals surface area contributed by atoms with Crippen LogP contribution < -0.4 is 5.32 Å². The van der Waals surface area contributed by atoms with Gasteiger partial charge in [-0.05, 0) is 35.2 Å². The van der Waals surface area contributed by atoms with Crippen molar-refractivity contribution in [3.05, 3.63) is 50.6 Å². The molecule has 78 valence electrons. The molecule has 15 heavy (non-hydrogen) atoms. The van der Waals surface area contributed by atoms with Gasteiger partial charge in [0.05, 0.1) is 0 Å². The van der Waals surface area contributed by atoms with Gasteiger partial charge in [0.25, 0.3) is 0 Å². The third-order valence-corrected chi connectivity index (χ3v) is 3.30. The topological polar surface area (TPSA) is 12.0 Å². The van der Waals surface area contributed by atoms with Gasteiger partial charge in [-0.15, -0.1) is 0 Å². The molecule has 0 atom stereocenters. The third-order valence-electron chi connectivity index (χ3n) is 2.01. The maximum atomic E-state index is 6.04. The Morgan fingerprint density at radius 1 is 1.20 bits per heavy atom. The molecule has 0 spiro atoms. The average molecular weight is 258 g/mol. The van der Waals surface area contributed by atoms with Gasteiger partial charge < -0.3 is 5.32 Å². The Balaban J connectivity index is 2.07. The van der Waals surface area contributed by atoms with E-state index in [-0.39, 0.29) is 0 Å². The zero-order chi connectivity index (χ0) is 10.7. The summed E-state index contributed by atoms with van der Waals surface area (Å²) in [5.41, 5.74) is 2.12. The predicted molar refractivity (Wildman–Crippen MR) is 68.1 cm³/mol. The summed E-state index contributed by atoms with van der Waals surface area (Å²) < 4.78 is 0. The molecule has 0 aliphatic rings. The van der Waals surface area contributed by atoms with E-state index in [9.17, 15) is 0 Å². The molecule has 0 radical (unpaired) electrons. The maximum Gasteiger partial charge on any atom is 0.0456 e. The Kier molecular flexibility index (Phi) is 3.52. The third kappa shape index (κ3) is 2.88. The summed E-state index contributed by atoms with van der Waals surface area (Å²) >= 11 is 13.6. The lowest BCUT2D eigenvalue weighted by atomic mass is 10.2. The van der Waals surface area contributed by atoms with Crippen molar-refractivity contribution in [3.63, 3.8) is 0 Å². The average Bonchev–Trinajstić information content (AvgIpc) is 2.72. The first-order valence-electron chi connectivity index (χ1n) is 4.46. The van der Waals surface area contributed by atoms with E-state index in [2.05, 4.69) is 10.7 Å². The molecule has 4 heteroatoms. The zero-order valence-corrected chi connectivity index (χ0v) is 10.2. The van der Waals surface area contributed by atoms with Gasteiger partial charge >= 0.3 is 0 Å². The van der Waals surface area contributed by atoms with Gasteiger partial charge in [-0.2, -0.15) is 11.3 Å². The van der Waals surface area contributed by atoms with Crippen molar-refractivity contribution in [2.24, 2.45) is 0 Å². The van der Waals surface area contributed by atoms with Gasteiger partial charge in [-0.25, -0.2) is 0 Å². The number of benzene rings is 1. The standard InChI is InChI=1S/C11H9Cl2NS/c12-9-1-2-11(13)8(5-9)6-14-10-3-4-15-7-10/h1-5,7,14H,6H2. The number of hydrogen-bond donors (Lipinski definition) is 1. The number of nitrogens with one attached hydrogen (secondary N) is 1. The molecule has 1 aromatic heterocycles. The van der Waals surface area contributed by atoms with Gasteiger partial charge in [0.1, 0.15) is 0 Å². The van der Waals surface area contributed by atoms with E-state index in [1.54, 1.807) is 17.4 Å². The fourth-order valence-electron chi connectivity index (χ4n) is 1.24. The monoisotopic (exact) mass is 257 g/mol. The molecule has 0 fully saturated rings. The number of halogens is 2. The van der Waals surface area contributed by atoms with Crippen molar-refractivity contribution in [1.82, 2.24) is 0 Å². The largest absolute Gasteiger partial charge is 0.380 e. The number of rotatable bonds is 3. The molecule has 0 bridgehead atoms. The van der Waals surface area contributed by atoms with E-state index in [0.717, 1.165) is 16.3 Å². The molecule has 2 rings (SSSR count). The van der Waals surface area contributed by atoms with Crippen LogP contribution in [0.15, 0.2) is 35.0 Å². The molecular formula is C11H9Cl2NS. The fraction of sp³-hybridized carbons (Fsp3) is 0.0909. The second-order valence-corrected chi connectivity index (χ2v) is 4.72. The lowest BCUT2D eigenvalue weighted by molar-refractivity contribution is 1.15. The lowest BCUT2D eigenvalue weighted by Crippen LogP contribution is -1.98. The van der Waals surface area contributed by atoms with Crippen LogP contribution in [-0.2, 0) is 6.54 Å². The van der Waals surface area contributed by atoms with E-state index >= 15 is 0 Å². The van der Waals surface area contributed by atoms with E-state index in [4.69, 9.17) is 23.2 Å². The molecule has 1 N–H and O–H groups in total. The zero-order valence-electron chi connectivity index (χ0n) is 7.84. The summed E-state index contributed by atoms with van der Waals surface area (Å²) in [6, 6.07) is 7.51. The quantitative estimate of drug-likeness (QED) is 0.843. The molecule has 0 aliphatic carbocycles. The first-order chi connectivity index (χ1) is 7.25. The van der Waals surface area contributed by atoms with Crippen molar-refractivity contribution in [3.8, 4) is 0 Å². The van der Waals surface area contributed by atoms with Crippen molar-refractivity contribution in [2.75, 3.05) is 5.32 Å².